The van der Waals surface area contributed by atoms with E-state index in [0.717, 1.165) is 6.42 Å². The minimum Gasteiger partial charge on any atom is -0.321 e. The zero-order valence-corrected chi connectivity index (χ0v) is 13.2. The van der Waals surface area contributed by atoms with E-state index in [4.69, 9.17) is 0 Å². The molecule has 0 bridgehead atoms. The average Bonchev–Trinajstić information content (AvgIpc) is 2.60. The van der Waals surface area contributed by atoms with Gasteiger partial charge >= 0.3 is 0 Å². The van der Waals surface area contributed by atoms with Crippen LogP contribution < -0.4 is 10.2 Å². The van der Waals surface area contributed by atoms with E-state index in [2.05, 4.69) is 10.3 Å². The van der Waals surface area contributed by atoms with Crippen LogP contribution in [0.4, 0.5) is 11.4 Å². The Balaban J connectivity index is 2.11. The highest BCUT2D eigenvalue weighted by atomic mass is 16.2. The van der Waals surface area contributed by atoms with Gasteiger partial charge in [0.05, 0.1) is 17.6 Å². The lowest BCUT2D eigenvalue weighted by atomic mass is 9.93. The summed E-state index contributed by atoms with van der Waals surface area (Å²) in [6, 6.07) is 10.3. The fraction of sp³-hybridized carbons (Fsp3) is 0.278. The van der Waals surface area contributed by atoms with E-state index in [1.165, 1.54) is 0 Å². The number of fused-ring (bicyclic) bond motifs is 1. The van der Waals surface area contributed by atoms with Gasteiger partial charge < -0.3 is 5.32 Å². The third-order valence-corrected chi connectivity index (χ3v) is 4.28. The smallest absolute Gasteiger partial charge is 0.259 e. The summed E-state index contributed by atoms with van der Waals surface area (Å²) in [5, 5.41) is 2.87. The standard InChI is InChI=1S/C18H19N3O2/c1-3-12(2)16-17(22)20-14-11-19-10-9-15(14)21(16)18(23)13-7-5-4-6-8-13/h4-12,16H,3H2,1-2H3,(H,20,22)/t12-,16-/m0/s1. The Kier molecular flexibility index (Phi) is 4.10. The summed E-state index contributed by atoms with van der Waals surface area (Å²) < 4.78 is 0. The second-order valence-corrected chi connectivity index (χ2v) is 5.75. The second-order valence-electron chi connectivity index (χ2n) is 5.75. The fourth-order valence-corrected chi connectivity index (χ4v) is 2.86. The molecule has 0 saturated carbocycles. The Labute approximate surface area is 135 Å². The minimum atomic E-state index is -0.525. The monoisotopic (exact) mass is 309 g/mol. The third kappa shape index (κ3) is 2.70. The molecule has 0 saturated heterocycles. The molecule has 1 aliphatic heterocycles. The molecule has 3 rings (SSSR count). The van der Waals surface area contributed by atoms with E-state index in [-0.39, 0.29) is 17.7 Å². The van der Waals surface area contributed by atoms with Gasteiger partial charge in [-0.25, -0.2) is 0 Å². The van der Waals surface area contributed by atoms with Crippen molar-refractivity contribution < 1.29 is 9.59 Å². The highest BCUT2D eigenvalue weighted by molar-refractivity contribution is 6.16. The molecular formula is C18H19N3O2. The van der Waals surface area contributed by atoms with Gasteiger partial charge in [-0.1, -0.05) is 38.5 Å². The molecule has 2 atom stereocenters. The largest absolute Gasteiger partial charge is 0.321 e. The number of anilines is 2. The predicted octanol–water partition coefficient (Wildman–Crippen LogP) is 3.10. The van der Waals surface area contributed by atoms with Crippen LogP contribution in [0, 0.1) is 5.92 Å². The fourth-order valence-electron chi connectivity index (χ4n) is 2.86. The van der Waals surface area contributed by atoms with Gasteiger partial charge in [0.2, 0.25) is 5.91 Å². The summed E-state index contributed by atoms with van der Waals surface area (Å²) in [6.45, 7) is 4.01. The van der Waals surface area contributed by atoms with Gasteiger partial charge in [-0.2, -0.15) is 0 Å². The SMILES string of the molecule is CC[C@H](C)[C@H]1C(=O)Nc2cnccc2N1C(=O)c1ccccc1. The first-order valence-corrected chi connectivity index (χ1v) is 7.77. The number of benzene rings is 1. The van der Waals surface area contributed by atoms with Gasteiger partial charge in [0.25, 0.3) is 5.91 Å². The number of pyridine rings is 1. The van der Waals surface area contributed by atoms with Crippen LogP contribution >= 0.6 is 0 Å². The van der Waals surface area contributed by atoms with Crippen molar-refractivity contribution in [1.29, 1.82) is 0 Å². The van der Waals surface area contributed by atoms with Crippen molar-refractivity contribution in [2.24, 2.45) is 5.92 Å². The molecule has 0 unspecified atom stereocenters. The van der Waals surface area contributed by atoms with Crippen molar-refractivity contribution in [2.45, 2.75) is 26.3 Å². The Hall–Kier alpha value is -2.69. The summed E-state index contributed by atoms with van der Waals surface area (Å²) >= 11 is 0. The van der Waals surface area contributed by atoms with Gasteiger partial charge in [-0.3, -0.25) is 19.5 Å². The molecule has 0 spiro atoms. The number of carbonyl (C=O) groups excluding carboxylic acids is 2. The van der Waals surface area contributed by atoms with Crippen LogP contribution in [0.3, 0.4) is 0 Å². The molecule has 1 N–H and O–H groups in total. The molecule has 2 amide bonds. The molecule has 5 heteroatoms. The van der Waals surface area contributed by atoms with Crippen molar-refractivity contribution in [3.8, 4) is 0 Å². The lowest BCUT2D eigenvalue weighted by Gasteiger charge is -2.39. The Bertz CT molecular complexity index is 730. The Morgan fingerprint density at radius 1 is 1.30 bits per heavy atom. The molecule has 2 heterocycles. The van der Waals surface area contributed by atoms with E-state index in [1.54, 1.807) is 35.5 Å². The first-order chi connectivity index (χ1) is 11.1. The molecule has 118 valence electrons. The lowest BCUT2D eigenvalue weighted by Crippen LogP contribution is -2.54. The maximum absolute atomic E-state index is 13.1. The van der Waals surface area contributed by atoms with Crippen molar-refractivity contribution in [2.75, 3.05) is 10.2 Å². The van der Waals surface area contributed by atoms with Gasteiger partial charge in [-0.05, 0) is 24.1 Å². The first kappa shape index (κ1) is 15.2. The van der Waals surface area contributed by atoms with Crippen LogP contribution in [0.1, 0.15) is 30.6 Å². The molecule has 5 nitrogen and oxygen atoms in total. The van der Waals surface area contributed by atoms with Crippen LogP contribution in [-0.4, -0.2) is 22.8 Å². The molecular weight excluding hydrogens is 290 g/mol. The number of rotatable bonds is 3. The molecule has 1 aliphatic rings. The van der Waals surface area contributed by atoms with Gasteiger partial charge in [0, 0.05) is 11.8 Å². The zero-order valence-electron chi connectivity index (χ0n) is 13.2. The highest BCUT2D eigenvalue weighted by Gasteiger charge is 2.39. The van der Waals surface area contributed by atoms with Gasteiger partial charge in [-0.15, -0.1) is 0 Å². The zero-order chi connectivity index (χ0) is 16.4. The summed E-state index contributed by atoms with van der Waals surface area (Å²) in [4.78, 5) is 31.3. The summed E-state index contributed by atoms with van der Waals surface area (Å²) in [6.07, 6.45) is 4.01. The number of hydrogen-bond donors (Lipinski definition) is 1. The topological polar surface area (TPSA) is 62.3 Å². The minimum absolute atomic E-state index is 0.0453. The van der Waals surface area contributed by atoms with E-state index in [0.29, 0.717) is 16.9 Å². The van der Waals surface area contributed by atoms with E-state index in [1.807, 2.05) is 32.0 Å². The number of aromatic nitrogens is 1. The number of amides is 2. The Morgan fingerprint density at radius 3 is 2.74 bits per heavy atom. The summed E-state index contributed by atoms with van der Waals surface area (Å²) in [5.74, 6) is -0.286. The van der Waals surface area contributed by atoms with Crippen LogP contribution in [-0.2, 0) is 4.79 Å². The number of hydrogen-bond acceptors (Lipinski definition) is 3. The number of nitrogens with zero attached hydrogens (tertiary/aromatic N) is 2. The lowest BCUT2D eigenvalue weighted by molar-refractivity contribution is -0.118. The molecule has 1 aromatic heterocycles. The average molecular weight is 309 g/mol. The van der Waals surface area contributed by atoms with Crippen molar-refractivity contribution >= 4 is 23.2 Å². The molecule has 0 aliphatic carbocycles. The first-order valence-electron chi connectivity index (χ1n) is 7.77. The molecule has 2 aromatic rings. The van der Waals surface area contributed by atoms with Crippen molar-refractivity contribution in [1.82, 2.24) is 4.98 Å². The van der Waals surface area contributed by atoms with Gasteiger partial charge in [0.15, 0.2) is 0 Å². The van der Waals surface area contributed by atoms with Crippen LogP contribution in [0.5, 0.6) is 0 Å². The van der Waals surface area contributed by atoms with Crippen LogP contribution in [0.2, 0.25) is 0 Å². The molecule has 23 heavy (non-hydrogen) atoms. The van der Waals surface area contributed by atoms with E-state index < -0.39 is 6.04 Å². The van der Waals surface area contributed by atoms with Gasteiger partial charge in [0.1, 0.15) is 6.04 Å². The molecule has 0 fully saturated rings. The third-order valence-electron chi connectivity index (χ3n) is 4.28. The van der Waals surface area contributed by atoms with E-state index in [9.17, 15) is 9.59 Å². The number of nitrogens with one attached hydrogen (secondary N) is 1. The quantitative estimate of drug-likeness (QED) is 0.947. The van der Waals surface area contributed by atoms with Crippen LogP contribution in [0.15, 0.2) is 48.8 Å². The summed E-state index contributed by atoms with van der Waals surface area (Å²) in [7, 11) is 0. The molecule has 0 radical (unpaired) electrons. The predicted molar refractivity (Wildman–Crippen MR) is 89.4 cm³/mol. The van der Waals surface area contributed by atoms with Crippen molar-refractivity contribution in [3.05, 3.63) is 54.4 Å². The van der Waals surface area contributed by atoms with Crippen LogP contribution in [0.25, 0.3) is 0 Å². The molecule has 1 aromatic carbocycles. The second kappa shape index (κ2) is 6.20. The normalized spacial score (nSPS) is 18.1. The number of carbonyl (C=O) groups is 2. The highest BCUT2D eigenvalue weighted by Crippen LogP contribution is 2.35. The maximum Gasteiger partial charge on any atom is 0.259 e. The van der Waals surface area contributed by atoms with E-state index >= 15 is 0 Å². The Morgan fingerprint density at radius 2 is 2.04 bits per heavy atom. The maximum atomic E-state index is 13.1. The van der Waals surface area contributed by atoms with Crippen molar-refractivity contribution in [3.63, 3.8) is 0 Å². The summed E-state index contributed by atoms with van der Waals surface area (Å²) in [5.41, 5.74) is 1.83.